The maximum absolute atomic E-state index is 12.7. The molecule has 2 fully saturated rings. The zero-order valence-corrected chi connectivity index (χ0v) is 15.1. The second kappa shape index (κ2) is 6.37. The number of likely N-dealkylation sites (tertiary alicyclic amines) is 1. The molecular formula is C21H24N4O. The Kier molecular flexibility index (Phi) is 4.16. The lowest BCUT2D eigenvalue weighted by molar-refractivity contribution is -0.133. The Balaban J connectivity index is 1.64. The van der Waals surface area contributed by atoms with Gasteiger partial charge in [0.25, 0.3) is 0 Å². The Bertz CT molecular complexity index is 897. The maximum atomic E-state index is 12.7. The number of rotatable bonds is 3. The summed E-state index contributed by atoms with van der Waals surface area (Å²) in [5.41, 5.74) is 8.44. The van der Waals surface area contributed by atoms with Crippen LogP contribution in [-0.4, -0.2) is 34.4 Å². The monoisotopic (exact) mass is 348 g/mol. The maximum Gasteiger partial charge on any atom is 0.224 e. The summed E-state index contributed by atoms with van der Waals surface area (Å²) < 4.78 is 0. The van der Waals surface area contributed by atoms with Gasteiger partial charge in [0.15, 0.2) is 0 Å². The van der Waals surface area contributed by atoms with Crippen molar-refractivity contribution in [3.05, 3.63) is 41.6 Å². The molecule has 0 radical (unpaired) electrons. The number of aromatic nitrogens is 1. The number of fused-ring (bicyclic) bond motifs is 1. The number of hydrogen-bond acceptors (Lipinski definition) is 4. The summed E-state index contributed by atoms with van der Waals surface area (Å²) >= 11 is 0. The summed E-state index contributed by atoms with van der Waals surface area (Å²) in [4.78, 5) is 19.1. The minimum Gasteiger partial charge on any atom is -0.342 e. The molecule has 1 aliphatic carbocycles. The van der Waals surface area contributed by atoms with Crippen LogP contribution in [0.4, 0.5) is 0 Å². The fraction of sp³-hybridized carbons (Fsp3) is 0.476. The Labute approximate surface area is 153 Å². The van der Waals surface area contributed by atoms with E-state index in [2.05, 4.69) is 18.0 Å². The molecule has 1 amide bonds. The Morgan fingerprint density at radius 3 is 2.92 bits per heavy atom. The van der Waals surface area contributed by atoms with Gasteiger partial charge in [0, 0.05) is 42.6 Å². The SMILES string of the molecule is CC1CC(c2ccc(C#N)c3ncccc23)CN(C(=O)CC2(N)CC2)C1. The first-order chi connectivity index (χ1) is 12.5. The van der Waals surface area contributed by atoms with Crippen molar-refractivity contribution < 1.29 is 4.79 Å². The van der Waals surface area contributed by atoms with Gasteiger partial charge in [0.2, 0.25) is 5.91 Å². The first kappa shape index (κ1) is 17.0. The number of hydrogen-bond donors (Lipinski definition) is 1. The van der Waals surface area contributed by atoms with Crippen molar-refractivity contribution >= 4 is 16.8 Å². The number of carbonyl (C=O) groups excluding carboxylic acids is 1. The molecule has 0 spiro atoms. The summed E-state index contributed by atoms with van der Waals surface area (Å²) in [5.74, 6) is 0.876. The van der Waals surface area contributed by atoms with Crippen molar-refractivity contribution in [1.29, 1.82) is 5.26 Å². The predicted molar refractivity (Wildman–Crippen MR) is 100 cm³/mol. The Morgan fingerprint density at radius 2 is 2.19 bits per heavy atom. The lowest BCUT2D eigenvalue weighted by Gasteiger charge is -2.37. The number of nitriles is 1. The lowest BCUT2D eigenvalue weighted by atomic mass is 9.83. The molecule has 26 heavy (non-hydrogen) atoms. The standard InChI is InChI=1S/C21H24N4O/c1-14-9-16(13-25(12-14)19(26)10-21(23)6-7-21)17-5-4-15(11-22)20-18(17)3-2-8-24-20/h2-5,8,14,16H,6-7,9-10,12-13,23H2,1H3. The molecule has 4 rings (SSSR count). The zero-order chi connectivity index (χ0) is 18.3. The van der Waals surface area contributed by atoms with E-state index in [1.165, 1.54) is 5.56 Å². The number of nitrogens with two attached hydrogens (primary N) is 1. The quantitative estimate of drug-likeness (QED) is 0.924. The second-order valence-electron chi connectivity index (χ2n) is 8.09. The third-order valence-electron chi connectivity index (χ3n) is 5.77. The van der Waals surface area contributed by atoms with Gasteiger partial charge in [0.05, 0.1) is 11.1 Å². The molecule has 2 atom stereocenters. The molecule has 5 heteroatoms. The average Bonchev–Trinajstić information content (AvgIpc) is 3.36. The van der Waals surface area contributed by atoms with E-state index >= 15 is 0 Å². The van der Waals surface area contributed by atoms with E-state index in [0.717, 1.165) is 43.3 Å². The minimum atomic E-state index is -0.252. The molecule has 2 aliphatic rings. The van der Waals surface area contributed by atoms with Crippen LogP contribution in [0.2, 0.25) is 0 Å². The fourth-order valence-corrected chi connectivity index (χ4v) is 4.17. The Morgan fingerprint density at radius 1 is 1.38 bits per heavy atom. The third kappa shape index (κ3) is 3.17. The molecule has 2 N–H and O–H groups in total. The molecule has 1 aromatic carbocycles. The summed E-state index contributed by atoms with van der Waals surface area (Å²) in [6, 6.07) is 10.1. The van der Waals surface area contributed by atoms with Gasteiger partial charge < -0.3 is 10.6 Å². The van der Waals surface area contributed by atoms with Crippen LogP contribution in [0.15, 0.2) is 30.5 Å². The first-order valence-electron chi connectivity index (χ1n) is 9.33. The molecule has 1 saturated heterocycles. The highest BCUT2D eigenvalue weighted by atomic mass is 16.2. The van der Waals surface area contributed by atoms with Crippen LogP contribution in [0.5, 0.6) is 0 Å². The van der Waals surface area contributed by atoms with E-state index in [1.807, 2.05) is 29.2 Å². The fourth-order valence-electron chi connectivity index (χ4n) is 4.17. The van der Waals surface area contributed by atoms with Crippen LogP contribution >= 0.6 is 0 Å². The molecule has 2 heterocycles. The summed E-state index contributed by atoms with van der Waals surface area (Å²) in [6.07, 6.45) is 5.13. The second-order valence-corrected chi connectivity index (χ2v) is 8.09. The van der Waals surface area contributed by atoms with E-state index in [1.54, 1.807) is 6.20 Å². The molecule has 5 nitrogen and oxygen atoms in total. The van der Waals surface area contributed by atoms with Crippen molar-refractivity contribution in [2.24, 2.45) is 11.7 Å². The zero-order valence-electron chi connectivity index (χ0n) is 15.1. The van der Waals surface area contributed by atoms with Gasteiger partial charge in [-0.1, -0.05) is 19.1 Å². The highest BCUT2D eigenvalue weighted by Crippen LogP contribution is 2.38. The van der Waals surface area contributed by atoms with E-state index in [0.29, 0.717) is 17.9 Å². The normalized spacial score (nSPS) is 24.3. The van der Waals surface area contributed by atoms with Gasteiger partial charge in [-0.3, -0.25) is 9.78 Å². The highest BCUT2D eigenvalue weighted by Gasteiger charge is 2.42. The van der Waals surface area contributed by atoms with Crippen LogP contribution < -0.4 is 5.73 Å². The van der Waals surface area contributed by atoms with Crippen LogP contribution in [0.1, 0.15) is 49.7 Å². The Hall–Kier alpha value is -2.45. The van der Waals surface area contributed by atoms with Crippen molar-refractivity contribution in [2.75, 3.05) is 13.1 Å². The smallest absolute Gasteiger partial charge is 0.224 e. The molecule has 1 aliphatic heterocycles. The topological polar surface area (TPSA) is 83.0 Å². The van der Waals surface area contributed by atoms with Crippen LogP contribution in [-0.2, 0) is 4.79 Å². The van der Waals surface area contributed by atoms with E-state index in [-0.39, 0.29) is 17.4 Å². The van der Waals surface area contributed by atoms with Gasteiger partial charge in [-0.05, 0) is 42.9 Å². The van der Waals surface area contributed by atoms with Crippen LogP contribution in [0, 0.1) is 17.2 Å². The average molecular weight is 348 g/mol. The number of carbonyl (C=O) groups is 1. The molecule has 2 unspecified atom stereocenters. The van der Waals surface area contributed by atoms with Gasteiger partial charge in [-0.2, -0.15) is 5.26 Å². The van der Waals surface area contributed by atoms with Crippen LogP contribution in [0.25, 0.3) is 10.9 Å². The number of piperidine rings is 1. The minimum absolute atomic E-state index is 0.178. The lowest BCUT2D eigenvalue weighted by Crippen LogP contribution is -2.44. The predicted octanol–water partition coefficient (Wildman–Crippen LogP) is 2.94. The van der Waals surface area contributed by atoms with Gasteiger partial charge in [-0.25, -0.2) is 0 Å². The van der Waals surface area contributed by atoms with E-state index in [9.17, 15) is 10.1 Å². The van der Waals surface area contributed by atoms with Gasteiger partial charge in [-0.15, -0.1) is 0 Å². The molecule has 1 aromatic heterocycles. The highest BCUT2D eigenvalue weighted by molar-refractivity contribution is 5.87. The van der Waals surface area contributed by atoms with Gasteiger partial charge >= 0.3 is 0 Å². The molecule has 1 saturated carbocycles. The van der Waals surface area contributed by atoms with Crippen LogP contribution in [0.3, 0.4) is 0 Å². The largest absolute Gasteiger partial charge is 0.342 e. The summed E-state index contributed by atoms with van der Waals surface area (Å²) in [7, 11) is 0. The summed E-state index contributed by atoms with van der Waals surface area (Å²) in [6.45, 7) is 3.72. The van der Waals surface area contributed by atoms with E-state index in [4.69, 9.17) is 5.73 Å². The molecule has 0 bridgehead atoms. The number of pyridine rings is 1. The molecule has 2 aromatic rings. The van der Waals surface area contributed by atoms with Crippen molar-refractivity contribution in [1.82, 2.24) is 9.88 Å². The summed E-state index contributed by atoms with van der Waals surface area (Å²) in [5, 5.41) is 10.4. The van der Waals surface area contributed by atoms with Crippen molar-refractivity contribution in [2.45, 2.75) is 44.1 Å². The van der Waals surface area contributed by atoms with Gasteiger partial charge in [0.1, 0.15) is 6.07 Å². The van der Waals surface area contributed by atoms with Crippen molar-refractivity contribution in [3.8, 4) is 6.07 Å². The first-order valence-corrected chi connectivity index (χ1v) is 9.33. The molecule has 134 valence electrons. The molecular weight excluding hydrogens is 324 g/mol. The van der Waals surface area contributed by atoms with Crippen molar-refractivity contribution in [3.63, 3.8) is 0 Å². The number of nitrogens with zero attached hydrogens (tertiary/aromatic N) is 3. The van der Waals surface area contributed by atoms with E-state index < -0.39 is 0 Å². The number of amides is 1. The number of benzene rings is 1. The third-order valence-corrected chi connectivity index (χ3v) is 5.77.